The molecule has 0 amide bonds. The summed E-state index contributed by atoms with van der Waals surface area (Å²) in [6, 6.07) is 28.7. The Hall–Kier alpha value is -3.16. The van der Waals surface area contributed by atoms with E-state index < -0.39 is 0 Å². The van der Waals surface area contributed by atoms with E-state index in [1.165, 1.54) is 41.5 Å². The Bertz CT molecular complexity index is 1330. The van der Waals surface area contributed by atoms with Crippen LogP contribution in [-0.4, -0.2) is 48.3 Å². The van der Waals surface area contributed by atoms with Crippen LogP contribution >= 0.6 is 0 Å². The van der Waals surface area contributed by atoms with Gasteiger partial charge in [-0.2, -0.15) is 0 Å². The summed E-state index contributed by atoms with van der Waals surface area (Å²) in [5, 5.41) is 14.0. The Morgan fingerprint density at radius 3 is 2.00 bits per heavy atom. The van der Waals surface area contributed by atoms with Crippen LogP contribution in [-0.2, 0) is 6.42 Å². The Morgan fingerprint density at radius 1 is 0.911 bits per heavy atom. The molecule has 0 bridgehead atoms. The van der Waals surface area contributed by atoms with Crippen LogP contribution in [0.1, 0.15) is 94.0 Å². The summed E-state index contributed by atoms with van der Waals surface area (Å²) in [5.74, 6) is 8.34. The first-order valence-electron chi connectivity index (χ1n) is 17.1. The van der Waals surface area contributed by atoms with Gasteiger partial charge < -0.3 is 10.4 Å². The van der Waals surface area contributed by atoms with Crippen molar-refractivity contribution in [3.05, 3.63) is 119 Å². The highest BCUT2D eigenvalue weighted by Gasteiger charge is 2.47. The zero-order valence-corrected chi connectivity index (χ0v) is 29.0. The lowest BCUT2D eigenvalue weighted by Crippen LogP contribution is -2.66. The van der Waals surface area contributed by atoms with Gasteiger partial charge in [-0.1, -0.05) is 105 Å². The standard InChI is InChI=1S/C27H36N2O.C11H14.C4H8/c1-5-20(3)26(30)19-29-24(6-2)27(25(29)18-28-4)23-16-14-22(15-17-23)13-12-21-10-8-7-9-11-21;1-9-2-4-10(5-3-9)8-11-6-7-11;1-4(2)3/h7-11,14-17,20,24-28,30H,5-6,18-19H2,1-4H3;2-5,11H,6-8H2,1H3;1H2,2-3H3. The Labute approximate surface area is 275 Å². The molecule has 0 radical (unpaired) electrons. The number of benzene rings is 3. The molecular formula is C42H58N2O. The highest BCUT2D eigenvalue weighted by Crippen LogP contribution is 2.42. The van der Waals surface area contributed by atoms with E-state index in [2.05, 4.69) is 105 Å². The van der Waals surface area contributed by atoms with Crippen molar-refractivity contribution in [2.45, 2.75) is 97.8 Å². The second kappa shape index (κ2) is 18.7. The number of aryl methyl sites for hydroxylation is 1. The monoisotopic (exact) mass is 606 g/mol. The second-order valence-corrected chi connectivity index (χ2v) is 13.4. The van der Waals surface area contributed by atoms with Gasteiger partial charge in [0.2, 0.25) is 0 Å². The van der Waals surface area contributed by atoms with Gasteiger partial charge in [0.1, 0.15) is 0 Å². The number of allylic oxidation sites excluding steroid dienone is 1. The van der Waals surface area contributed by atoms with E-state index in [1.807, 2.05) is 51.2 Å². The molecule has 1 heterocycles. The number of hydrogen-bond acceptors (Lipinski definition) is 3. The zero-order chi connectivity index (χ0) is 32.8. The van der Waals surface area contributed by atoms with Crippen LogP contribution in [0.5, 0.6) is 0 Å². The third-order valence-electron chi connectivity index (χ3n) is 8.97. The smallest absolute Gasteiger partial charge is 0.0692 e. The molecule has 5 unspecified atom stereocenters. The Kier molecular flexibility index (Phi) is 15.1. The molecule has 1 aliphatic carbocycles. The van der Waals surface area contributed by atoms with E-state index in [0.717, 1.165) is 43.0 Å². The number of aliphatic hydroxyl groups excluding tert-OH is 1. The van der Waals surface area contributed by atoms with Crippen LogP contribution in [0, 0.1) is 30.6 Å². The molecule has 1 saturated heterocycles. The van der Waals surface area contributed by atoms with Gasteiger partial charge in [0.15, 0.2) is 0 Å². The molecular weight excluding hydrogens is 548 g/mol. The minimum absolute atomic E-state index is 0.264. The predicted octanol–water partition coefficient (Wildman–Crippen LogP) is 8.79. The average Bonchev–Trinajstić information content (AvgIpc) is 3.86. The van der Waals surface area contributed by atoms with E-state index in [0.29, 0.717) is 23.9 Å². The van der Waals surface area contributed by atoms with E-state index >= 15 is 0 Å². The van der Waals surface area contributed by atoms with Crippen molar-refractivity contribution < 1.29 is 5.11 Å². The fourth-order valence-corrected chi connectivity index (χ4v) is 5.97. The molecule has 0 aromatic heterocycles. The molecule has 0 spiro atoms. The Morgan fingerprint density at radius 2 is 1.49 bits per heavy atom. The molecule has 2 aliphatic rings. The molecule has 3 nitrogen and oxygen atoms in total. The number of nitrogens with one attached hydrogen (secondary N) is 1. The number of likely N-dealkylation sites (N-methyl/N-ethyl adjacent to an activating group) is 1. The normalized spacial score (nSPS) is 20.1. The Balaban J connectivity index is 0.000000301. The predicted molar refractivity (Wildman–Crippen MR) is 194 cm³/mol. The van der Waals surface area contributed by atoms with Crippen LogP contribution in [0.4, 0.5) is 0 Å². The quantitative estimate of drug-likeness (QED) is 0.179. The summed E-state index contributed by atoms with van der Waals surface area (Å²) >= 11 is 0. The second-order valence-electron chi connectivity index (χ2n) is 13.4. The number of β-amino-alcohol motifs (C(OH)–C–C–N with tert-alkyl or cyclic N) is 1. The van der Waals surface area contributed by atoms with E-state index in [9.17, 15) is 5.11 Å². The molecule has 3 aromatic rings. The summed E-state index contributed by atoms with van der Waals surface area (Å²) < 4.78 is 0. The SMILES string of the molecule is C=C(C)C.CCC(C)C(O)CN1C(CC)C(c2ccc(C#Cc3ccccc3)cc2)C1CNC.Cc1ccc(CC2CC2)cc1. The van der Waals surface area contributed by atoms with Crippen LogP contribution in [0.15, 0.2) is 91.0 Å². The maximum Gasteiger partial charge on any atom is 0.0692 e. The molecule has 2 N–H and O–H groups in total. The highest BCUT2D eigenvalue weighted by molar-refractivity contribution is 5.44. The van der Waals surface area contributed by atoms with Gasteiger partial charge >= 0.3 is 0 Å². The summed E-state index contributed by atoms with van der Waals surface area (Å²) in [7, 11) is 2.02. The maximum absolute atomic E-state index is 10.6. The van der Waals surface area contributed by atoms with Crippen molar-refractivity contribution in [3.63, 3.8) is 0 Å². The largest absolute Gasteiger partial charge is 0.392 e. The molecule has 3 heteroatoms. The first kappa shape index (κ1) is 36.3. The van der Waals surface area contributed by atoms with Crippen molar-refractivity contribution in [2.75, 3.05) is 20.1 Å². The van der Waals surface area contributed by atoms with E-state index in [-0.39, 0.29) is 6.10 Å². The molecule has 5 atom stereocenters. The number of rotatable bonds is 10. The van der Waals surface area contributed by atoms with Gasteiger partial charge in [0, 0.05) is 42.2 Å². The number of likely N-dealkylation sites (tertiary alicyclic amines) is 1. The van der Waals surface area contributed by atoms with E-state index in [4.69, 9.17) is 0 Å². The number of aliphatic hydroxyl groups is 1. The van der Waals surface area contributed by atoms with Crippen molar-refractivity contribution in [2.24, 2.45) is 11.8 Å². The lowest BCUT2D eigenvalue weighted by atomic mass is 9.73. The van der Waals surface area contributed by atoms with E-state index in [1.54, 1.807) is 0 Å². The van der Waals surface area contributed by atoms with Gasteiger partial charge in [0.05, 0.1) is 6.10 Å². The van der Waals surface area contributed by atoms with Gasteiger partial charge in [-0.3, -0.25) is 4.90 Å². The highest BCUT2D eigenvalue weighted by atomic mass is 16.3. The van der Waals surface area contributed by atoms with Crippen molar-refractivity contribution >= 4 is 0 Å². The first-order valence-corrected chi connectivity index (χ1v) is 17.1. The molecule has 242 valence electrons. The number of hydrogen-bond donors (Lipinski definition) is 2. The molecule has 5 rings (SSSR count). The van der Waals surface area contributed by atoms with Crippen molar-refractivity contribution in [1.29, 1.82) is 0 Å². The average molecular weight is 607 g/mol. The fourth-order valence-electron chi connectivity index (χ4n) is 5.97. The third-order valence-corrected chi connectivity index (χ3v) is 8.97. The van der Waals surface area contributed by atoms with Gasteiger partial charge in [-0.05, 0) is 101 Å². The lowest BCUT2D eigenvalue weighted by Gasteiger charge is -2.56. The minimum Gasteiger partial charge on any atom is -0.392 e. The van der Waals surface area contributed by atoms with Crippen molar-refractivity contribution in [3.8, 4) is 11.8 Å². The molecule has 1 aliphatic heterocycles. The molecule has 3 aromatic carbocycles. The van der Waals surface area contributed by atoms with Crippen LogP contribution in [0.3, 0.4) is 0 Å². The first-order chi connectivity index (χ1) is 21.7. The molecule has 45 heavy (non-hydrogen) atoms. The fraction of sp³-hybridized carbons (Fsp3) is 0.476. The molecule has 2 fully saturated rings. The summed E-state index contributed by atoms with van der Waals surface area (Å²) in [5.41, 5.74) is 7.50. The third kappa shape index (κ3) is 11.9. The summed E-state index contributed by atoms with van der Waals surface area (Å²) in [6.45, 7) is 17.9. The van der Waals surface area contributed by atoms with Gasteiger partial charge in [0.25, 0.3) is 0 Å². The zero-order valence-electron chi connectivity index (χ0n) is 29.0. The topological polar surface area (TPSA) is 35.5 Å². The minimum atomic E-state index is -0.264. The van der Waals surface area contributed by atoms with Crippen LogP contribution in [0.25, 0.3) is 0 Å². The van der Waals surface area contributed by atoms with Crippen LogP contribution < -0.4 is 5.32 Å². The number of nitrogens with zero attached hydrogens (tertiary/aromatic N) is 1. The lowest BCUT2D eigenvalue weighted by molar-refractivity contribution is -0.0554. The molecule has 1 saturated carbocycles. The summed E-state index contributed by atoms with van der Waals surface area (Å²) in [6.07, 6.45) is 6.05. The maximum atomic E-state index is 10.6. The van der Waals surface area contributed by atoms with Crippen molar-refractivity contribution in [1.82, 2.24) is 10.2 Å². The summed E-state index contributed by atoms with van der Waals surface area (Å²) in [4.78, 5) is 2.51. The van der Waals surface area contributed by atoms with Crippen LogP contribution in [0.2, 0.25) is 0 Å². The van der Waals surface area contributed by atoms with Gasteiger partial charge in [-0.15, -0.1) is 6.58 Å². The van der Waals surface area contributed by atoms with Gasteiger partial charge in [-0.25, -0.2) is 0 Å².